The summed E-state index contributed by atoms with van der Waals surface area (Å²) in [7, 11) is 2.07. The molecule has 0 radical (unpaired) electrons. The predicted octanol–water partition coefficient (Wildman–Crippen LogP) is 3.57. The van der Waals surface area contributed by atoms with Gasteiger partial charge in [-0.1, -0.05) is 6.07 Å². The van der Waals surface area contributed by atoms with E-state index in [4.69, 9.17) is 18.5 Å². The van der Waals surface area contributed by atoms with Crippen LogP contribution in [0, 0.1) is 0 Å². The molecular weight excluding hydrogens is 345 g/mol. The maximum atomic E-state index is 13.1. The van der Waals surface area contributed by atoms with Crippen molar-refractivity contribution >= 4 is 7.60 Å². The number of ether oxygens (including phenoxy) is 2. The zero-order chi connectivity index (χ0) is 18.4. The van der Waals surface area contributed by atoms with Crippen molar-refractivity contribution in [2.24, 2.45) is 0 Å². The lowest BCUT2D eigenvalue weighted by molar-refractivity contribution is 0.265. The summed E-state index contributed by atoms with van der Waals surface area (Å²) in [5.41, 5.74) is 0.838. The Bertz CT molecular complexity index is 719. The maximum absolute atomic E-state index is 13.1. The van der Waals surface area contributed by atoms with Gasteiger partial charge in [-0.05, 0) is 35.7 Å². The van der Waals surface area contributed by atoms with E-state index in [1.807, 2.05) is 6.07 Å². The van der Waals surface area contributed by atoms with E-state index in [0.717, 1.165) is 5.56 Å². The van der Waals surface area contributed by atoms with Crippen LogP contribution in [-0.4, -0.2) is 38.5 Å². The highest BCUT2D eigenvalue weighted by atomic mass is 31.2. The second-order valence-corrected chi connectivity index (χ2v) is 7.69. The fraction of sp³-hybridized carbons (Fsp3) is 0.353. The summed E-state index contributed by atoms with van der Waals surface area (Å²) < 4.78 is 34.0. The van der Waals surface area contributed by atoms with E-state index >= 15 is 0 Å². The summed E-state index contributed by atoms with van der Waals surface area (Å²) in [6, 6.07) is 6.88. The van der Waals surface area contributed by atoms with Gasteiger partial charge in [0, 0.05) is 26.6 Å². The van der Waals surface area contributed by atoms with Crippen LogP contribution < -0.4 is 9.47 Å². The molecule has 0 aliphatic carbocycles. The van der Waals surface area contributed by atoms with E-state index in [-0.39, 0.29) is 17.2 Å². The summed E-state index contributed by atoms with van der Waals surface area (Å²) in [5, 5.41) is 10.1. The molecule has 0 bridgehead atoms. The first-order chi connectivity index (χ1) is 12.0. The van der Waals surface area contributed by atoms with Gasteiger partial charge in [0.25, 0.3) is 0 Å². The molecule has 0 spiro atoms. The fourth-order valence-corrected chi connectivity index (χ4v) is 4.20. The van der Waals surface area contributed by atoms with Crippen LogP contribution in [0.5, 0.6) is 17.2 Å². The third kappa shape index (κ3) is 4.12. The van der Waals surface area contributed by atoms with Gasteiger partial charge in [0.1, 0.15) is 0 Å². The number of rotatable bonds is 8. The number of benzene rings is 1. The molecule has 25 heavy (non-hydrogen) atoms. The van der Waals surface area contributed by atoms with Gasteiger partial charge in [0.05, 0.1) is 19.9 Å². The lowest BCUT2D eigenvalue weighted by Gasteiger charge is -2.25. The second-order valence-electron chi connectivity index (χ2n) is 5.26. The average molecular weight is 367 g/mol. The summed E-state index contributed by atoms with van der Waals surface area (Å²) >= 11 is 0. The van der Waals surface area contributed by atoms with Crippen molar-refractivity contribution in [2.45, 2.75) is 12.1 Å². The Balaban J connectivity index is 2.57. The van der Waals surface area contributed by atoms with Crippen molar-refractivity contribution < 1.29 is 28.2 Å². The quantitative estimate of drug-likeness (QED) is 0.714. The Morgan fingerprint density at radius 1 is 1.12 bits per heavy atom. The molecule has 0 aliphatic rings. The molecule has 0 saturated heterocycles. The Morgan fingerprint density at radius 3 is 2.16 bits per heavy atom. The minimum absolute atomic E-state index is 0.126. The first-order valence-corrected chi connectivity index (χ1v) is 9.15. The highest BCUT2D eigenvalue weighted by Crippen LogP contribution is 2.62. The summed E-state index contributed by atoms with van der Waals surface area (Å²) in [6.07, 6.45) is 3.72. The third-order valence-corrected chi connectivity index (χ3v) is 6.19. The normalized spacial score (nSPS) is 12.6. The summed E-state index contributed by atoms with van der Waals surface area (Å²) in [5.74, 6) is 0.298. The highest BCUT2D eigenvalue weighted by molar-refractivity contribution is 7.54. The molecule has 136 valence electrons. The minimum atomic E-state index is -3.47. The Kier molecular flexibility index (Phi) is 6.42. The van der Waals surface area contributed by atoms with Crippen LogP contribution in [0.25, 0.3) is 0 Å². The molecule has 1 N–H and O–H groups in total. The molecule has 1 atom stereocenters. The zero-order valence-electron chi connectivity index (χ0n) is 14.6. The molecule has 1 aromatic heterocycles. The Morgan fingerprint density at radius 2 is 1.72 bits per heavy atom. The fourth-order valence-electron chi connectivity index (χ4n) is 2.59. The van der Waals surface area contributed by atoms with Gasteiger partial charge in [-0.2, -0.15) is 0 Å². The lowest BCUT2D eigenvalue weighted by atomic mass is 10.0. The van der Waals surface area contributed by atoms with Gasteiger partial charge in [-0.15, -0.1) is 0 Å². The lowest BCUT2D eigenvalue weighted by Crippen LogP contribution is -2.08. The van der Waals surface area contributed by atoms with Gasteiger partial charge in [-0.3, -0.25) is 9.55 Å². The number of nitrogens with zero attached hydrogens (tertiary/aromatic N) is 1. The van der Waals surface area contributed by atoms with Crippen molar-refractivity contribution in [2.75, 3.05) is 28.4 Å². The summed E-state index contributed by atoms with van der Waals surface area (Å²) in [6.45, 7) is 0. The first kappa shape index (κ1) is 19.2. The van der Waals surface area contributed by atoms with E-state index in [1.165, 1.54) is 28.4 Å². The summed E-state index contributed by atoms with van der Waals surface area (Å²) in [4.78, 5) is 4.09. The van der Waals surface area contributed by atoms with E-state index < -0.39 is 13.3 Å². The SMILES string of the molecule is COc1cc(C(Cc2cccnc2)P(=O)(OC)OC)cc(OC)c1O. The average Bonchev–Trinajstić information content (AvgIpc) is 2.66. The molecular formula is C17H22NO6P. The molecule has 0 saturated carbocycles. The number of hydrogen-bond acceptors (Lipinski definition) is 7. The van der Waals surface area contributed by atoms with E-state index in [0.29, 0.717) is 12.0 Å². The van der Waals surface area contributed by atoms with Crippen LogP contribution in [0.15, 0.2) is 36.7 Å². The number of phenolic OH excluding ortho intramolecular Hbond substituents is 1. The van der Waals surface area contributed by atoms with E-state index in [1.54, 1.807) is 30.6 Å². The van der Waals surface area contributed by atoms with Gasteiger partial charge >= 0.3 is 7.60 Å². The molecule has 8 heteroatoms. The van der Waals surface area contributed by atoms with Crippen molar-refractivity contribution in [1.29, 1.82) is 0 Å². The monoisotopic (exact) mass is 367 g/mol. The van der Waals surface area contributed by atoms with Crippen molar-refractivity contribution in [3.05, 3.63) is 47.8 Å². The number of hydrogen-bond donors (Lipinski definition) is 1. The molecule has 0 amide bonds. The van der Waals surface area contributed by atoms with Crippen LogP contribution in [0.4, 0.5) is 0 Å². The van der Waals surface area contributed by atoms with Gasteiger partial charge in [0.15, 0.2) is 11.5 Å². The predicted molar refractivity (Wildman–Crippen MR) is 93.5 cm³/mol. The molecule has 1 unspecified atom stereocenters. The minimum Gasteiger partial charge on any atom is -0.502 e. The number of phenols is 1. The number of methoxy groups -OCH3 is 2. The molecule has 7 nitrogen and oxygen atoms in total. The maximum Gasteiger partial charge on any atom is 0.337 e. The van der Waals surface area contributed by atoms with Gasteiger partial charge < -0.3 is 23.6 Å². The molecule has 1 heterocycles. The van der Waals surface area contributed by atoms with E-state index in [9.17, 15) is 9.67 Å². The Hall–Kier alpha value is -2.08. The van der Waals surface area contributed by atoms with E-state index in [2.05, 4.69) is 4.98 Å². The first-order valence-electron chi connectivity index (χ1n) is 7.54. The van der Waals surface area contributed by atoms with Crippen molar-refractivity contribution in [3.8, 4) is 17.2 Å². The molecule has 0 fully saturated rings. The van der Waals surface area contributed by atoms with Crippen molar-refractivity contribution in [3.63, 3.8) is 0 Å². The molecule has 2 rings (SSSR count). The van der Waals surface area contributed by atoms with Crippen molar-refractivity contribution in [1.82, 2.24) is 4.98 Å². The number of aromatic nitrogens is 1. The second kappa shape index (κ2) is 8.34. The third-order valence-electron chi connectivity index (χ3n) is 3.93. The van der Waals surface area contributed by atoms with Crippen LogP contribution in [0.2, 0.25) is 0 Å². The number of aromatic hydroxyl groups is 1. The smallest absolute Gasteiger partial charge is 0.337 e. The van der Waals surface area contributed by atoms with Crippen LogP contribution in [0.1, 0.15) is 16.8 Å². The molecule has 1 aromatic carbocycles. The highest BCUT2D eigenvalue weighted by Gasteiger charge is 2.36. The van der Waals surface area contributed by atoms with Gasteiger partial charge in [-0.25, -0.2) is 0 Å². The Labute approximate surface area is 147 Å². The standard InChI is InChI=1S/C17H22NO6P/c1-21-14-9-13(10-15(22-2)17(14)19)16(25(20,23-3)24-4)8-12-6-5-7-18-11-12/h5-7,9-11,16,19H,8H2,1-4H3. The van der Waals surface area contributed by atoms with Crippen LogP contribution in [0.3, 0.4) is 0 Å². The molecule has 2 aromatic rings. The largest absolute Gasteiger partial charge is 0.502 e. The zero-order valence-corrected chi connectivity index (χ0v) is 15.5. The van der Waals surface area contributed by atoms with Crippen LogP contribution >= 0.6 is 7.60 Å². The topological polar surface area (TPSA) is 87.1 Å². The molecule has 0 aliphatic heterocycles. The number of pyridine rings is 1. The van der Waals surface area contributed by atoms with Crippen LogP contribution in [-0.2, 0) is 20.0 Å². The van der Waals surface area contributed by atoms with Gasteiger partial charge in [0.2, 0.25) is 5.75 Å².